The van der Waals surface area contributed by atoms with Crippen molar-refractivity contribution in [1.29, 1.82) is 0 Å². The maximum absolute atomic E-state index is 13.4. The summed E-state index contributed by atoms with van der Waals surface area (Å²) >= 11 is 1.79. The zero-order valence-corrected chi connectivity index (χ0v) is 9.52. The lowest BCUT2D eigenvalue weighted by molar-refractivity contribution is 0.0937. The second kappa shape index (κ2) is 4.74. The molecule has 5 heteroatoms. The molecule has 1 aliphatic rings. The molecule has 3 nitrogen and oxygen atoms in total. The van der Waals surface area contributed by atoms with Crippen molar-refractivity contribution < 1.29 is 9.18 Å². The number of rotatable bonds is 2. The highest BCUT2D eigenvalue weighted by Gasteiger charge is 2.20. The molecule has 0 aromatic heterocycles. The summed E-state index contributed by atoms with van der Waals surface area (Å²) < 4.78 is 13.4. The summed E-state index contributed by atoms with van der Waals surface area (Å²) in [7, 11) is 0. The monoisotopic (exact) mass is 240 g/mol. The van der Waals surface area contributed by atoms with Crippen molar-refractivity contribution in [2.24, 2.45) is 0 Å². The second-order valence-corrected chi connectivity index (χ2v) is 4.92. The molecule has 0 spiro atoms. The predicted octanol–water partition coefficient (Wildman–Crippen LogP) is 1.64. The first-order valence-electron chi connectivity index (χ1n) is 5.10. The van der Waals surface area contributed by atoms with Crippen molar-refractivity contribution in [3.05, 3.63) is 29.6 Å². The zero-order chi connectivity index (χ0) is 11.5. The summed E-state index contributed by atoms with van der Waals surface area (Å²) in [6.45, 7) is 0. The van der Waals surface area contributed by atoms with Crippen LogP contribution in [-0.4, -0.2) is 23.5 Å². The van der Waals surface area contributed by atoms with Crippen LogP contribution in [0.15, 0.2) is 18.2 Å². The molecule has 0 bridgehead atoms. The number of anilines is 1. The van der Waals surface area contributed by atoms with E-state index in [0.717, 1.165) is 17.9 Å². The zero-order valence-electron chi connectivity index (χ0n) is 8.70. The SMILES string of the molecule is Nc1ccc(F)c(C(=O)NC2CCSC2)c1. The van der Waals surface area contributed by atoms with Gasteiger partial charge in [-0.25, -0.2) is 4.39 Å². The number of carbonyl (C=O) groups is 1. The Labute approximate surface area is 97.6 Å². The number of thioether (sulfide) groups is 1. The van der Waals surface area contributed by atoms with E-state index < -0.39 is 5.82 Å². The van der Waals surface area contributed by atoms with Gasteiger partial charge in [0.25, 0.3) is 5.91 Å². The lowest BCUT2D eigenvalue weighted by Crippen LogP contribution is -2.35. The van der Waals surface area contributed by atoms with Gasteiger partial charge in [0.1, 0.15) is 5.82 Å². The Kier molecular flexibility index (Phi) is 3.33. The third-order valence-corrected chi connectivity index (χ3v) is 3.66. The Balaban J connectivity index is 2.10. The first-order valence-corrected chi connectivity index (χ1v) is 6.26. The van der Waals surface area contributed by atoms with Gasteiger partial charge in [-0.15, -0.1) is 0 Å². The number of amides is 1. The minimum absolute atomic E-state index is 0.0249. The molecule has 1 atom stereocenters. The van der Waals surface area contributed by atoms with Crippen LogP contribution < -0.4 is 11.1 Å². The Morgan fingerprint density at radius 3 is 3.06 bits per heavy atom. The standard InChI is InChI=1S/C11H13FN2OS/c12-10-2-1-7(13)5-9(10)11(15)14-8-3-4-16-6-8/h1-2,5,8H,3-4,6,13H2,(H,14,15). The molecule has 2 rings (SSSR count). The Morgan fingerprint density at radius 1 is 1.56 bits per heavy atom. The van der Waals surface area contributed by atoms with E-state index in [-0.39, 0.29) is 17.5 Å². The Bertz CT molecular complexity index is 405. The van der Waals surface area contributed by atoms with Gasteiger partial charge in [-0.3, -0.25) is 4.79 Å². The quantitative estimate of drug-likeness (QED) is 0.773. The van der Waals surface area contributed by atoms with Crippen LogP contribution >= 0.6 is 11.8 Å². The molecular formula is C11H13FN2OS. The number of hydrogen-bond donors (Lipinski definition) is 2. The van der Waals surface area contributed by atoms with Crippen LogP contribution in [0.4, 0.5) is 10.1 Å². The van der Waals surface area contributed by atoms with E-state index in [0.29, 0.717) is 5.69 Å². The Morgan fingerprint density at radius 2 is 2.38 bits per heavy atom. The highest BCUT2D eigenvalue weighted by atomic mass is 32.2. The minimum atomic E-state index is -0.530. The minimum Gasteiger partial charge on any atom is -0.399 e. The molecule has 86 valence electrons. The van der Waals surface area contributed by atoms with Crippen LogP contribution in [0.1, 0.15) is 16.8 Å². The summed E-state index contributed by atoms with van der Waals surface area (Å²) in [4.78, 5) is 11.8. The van der Waals surface area contributed by atoms with Gasteiger partial charge in [0.2, 0.25) is 0 Å². The normalized spacial score (nSPS) is 19.7. The molecule has 0 saturated carbocycles. The third kappa shape index (κ3) is 2.47. The van der Waals surface area contributed by atoms with E-state index in [9.17, 15) is 9.18 Å². The molecule has 1 amide bonds. The first kappa shape index (κ1) is 11.3. The summed E-state index contributed by atoms with van der Waals surface area (Å²) in [6.07, 6.45) is 0.945. The van der Waals surface area contributed by atoms with Gasteiger partial charge in [0.05, 0.1) is 5.56 Å². The van der Waals surface area contributed by atoms with Crippen molar-refractivity contribution in [2.45, 2.75) is 12.5 Å². The molecule has 1 saturated heterocycles. The lowest BCUT2D eigenvalue weighted by Gasteiger charge is -2.11. The molecule has 1 aromatic carbocycles. The molecule has 1 heterocycles. The van der Waals surface area contributed by atoms with E-state index in [4.69, 9.17) is 5.73 Å². The largest absolute Gasteiger partial charge is 0.399 e. The second-order valence-electron chi connectivity index (χ2n) is 3.77. The molecule has 16 heavy (non-hydrogen) atoms. The average Bonchev–Trinajstić information content (AvgIpc) is 2.74. The topological polar surface area (TPSA) is 55.1 Å². The van der Waals surface area contributed by atoms with Gasteiger partial charge in [0, 0.05) is 17.5 Å². The smallest absolute Gasteiger partial charge is 0.254 e. The van der Waals surface area contributed by atoms with Crippen LogP contribution in [0, 0.1) is 5.82 Å². The van der Waals surface area contributed by atoms with Crippen molar-refractivity contribution in [2.75, 3.05) is 17.2 Å². The number of hydrogen-bond acceptors (Lipinski definition) is 3. The van der Waals surface area contributed by atoms with E-state index in [1.54, 1.807) is 11.8 Å². The van der Waals surface area contributed by atoms with Crippen molar-refractivity contribution in [3.8, 4) is 0 Å². The molecule has 1 aliphatic heterocycles. The maximum Gasteiger partial charge on any atom is 0.254 e. The highest BCUT2D eigenvalue weighted by molar-refractivity contribution is 7.99. The van der Waals surface area contributed by atoms with E-state index >= 15 is 0 Å². The van der Waals surface area contributed by atoms with Crippen molar-refractivity contribution in [3.63, 3.8) is 0 Å². The molecule has 3 N–H and O–H groups in total. The first-order chi connectivity index (χ1) is 7.66. The lowest BCUT2D eigenvalue weighted by atomic mass is 10.1. The van der Waals surface area contributed by atoms with E-state index in [2.05, 4.69) is 5.32 Å². The van der Waals surface area contributed by atoms with Gasteiger partial charge >= 0.3 is 0 Å². The van der Waals surface area contributed by atoms with E-state index in [1.807, 2.05) is 0 Å². The van der Waals surface area contributed by atoms with Crippen molar-refractivity contribution in [1.82, 2.24) is 5.32 Å². The fraction of sp³-hybridized carbons (Fsp3) is 0.364. The Hall–Kier alpha value is -1.23. The fourth-order valence-corrected chi connectivity index (χ4v) is 2.78. The van der Waals surface area contributed by atoms with Crippen LogP contribution in [0.5, 0.6) is 0 Å². The van der Waals surface area contributed by atoms with Gasteiger partial charge in [0.15, 0.2) is 0 Å². The summed E-state index contributed by atoms with van der Waals surface area (Å²) in [6, 6.07) is 4.18. The van der Waals surface area contributed by atoms with Gasteiger partial charge in [-0.2, -0.15) is 11.8 Å². The van der Waals surface area contributed by atoms with Crippen LogP contribution in [0.25, 0.3) is 0 Å². The number of halogens is 1. The molecule has 0 radical (unpaired) electrons. The average molecular weight is 240 g/mol. The summed E-state index contributed by atoms with van der Waals surface area (Å²) in [5, 5.41) is 2.81. The number of nitrogens with one attached hydrogen (secondary N) is 1. The van der Waals surface area contributed by atoms with Crippen molar-refractivity contribution >= 4 is 23.4 Å². The highest BCUT2D eigenvalue weighted by Crippen LogP contribution is 2.18. The molecule has 0 aliphatic carbocycles. The number of benzene rings is 1. The number of nitrogens with two attached hydrogens (primary N) is 1. The maximum atomic E-state index is 13.4. The fourth-order valence-electron chi connectivity index (χ4n) is 1.63. The number of carbonyl (C=O) groups excluding carboxylic acids is 1. The van der Waals surface area contributed by atoms with Crippen LogP contribution in [0.3, 0.4) is 0 Å². The summed E-state index contributed by atoms with van der Waals surface area (Å²) in [5.41, 5.74) is 5.94. The van der Waals surface area contributed by atoms with Gasteiger partial charge in [-0.1, -0.05) is 0 Å². The predicted molar refractivity (Wildman–Crippen MR) is 64.0 cm³/mol. The molecule has 1 aromatic rings. The van der Waals surface area contributed by atoms with E-state index in [1.165, 1.54) is 18.2 Å². The molecule has 1 fully saturated rings. The van der Waals surface area contributed by atoms with Crippen LogP contribution in [0.2, 0.25) is 0 Å². The number of nitrogen functional groups attached to an aromatic ring is 1. The van der Waals surface area contributed by atoms with Gasteiger partial charge < -0.3 is 11.1 Å². The van der Waals surface area contributed by atoms with Crippen LogP contribution in [-0.2, 0) is 0 Å². The van der Waals surface area contributed by atoms with Gasteiger partial charge in [-0.05, 0) is 30.4 Å². The summed E-state index contributed by atoms with van der Waals surface area (Å²) in [5.74, 6) is 1.04. The third-order valence-electron chi connectivity index (χ3n) is 2.50. The molecular weight excluding hydrogens is 227 g/mol. The molecule has 1 unspecified atom stereocenters.